The topological polar surface area (TPSA) is 9.23 Å². The first-order valence-corrected chi connectivity index (χ1v) is 5.17. The van der Waals surface area contributed by atoms with Gasteiger partial charge >= 0.3 is 0 Å². The van der Waals surface area contributed by atoms with Gasteiger partial charge in [0, 0.05) is 0 Å². The zero-order valence-corrected chi connectivity index (χ0v) is 9.66. The highest BCUT2D eigenvalue weighted by atomic mass is 16.5. The monoisotopic (exact) mass is 202 g/mol. The molecule has 0 aliphatic carbocycles. The number of benzene rings is 1. The second kappa shape index (κ2) is 6.07. The van der Waals surface area contributed by atoms with Gasteiger partial charge in [-0.25, -0.2) is 0 Å². The first-order chi connectivity index (χ1) is 7.20. The highest BCUT2D eigenvalue weighted by molar-refractivity contribution is 5.62. The third kappa shape index (κ3) is 4.50. The van der Waals surface area contributed by atoms with Crippen molar-refractivity contribution in [3.63, 3.8) is 0 Å². The summed E-state index contributed by atoms with van der Waals surface area (Å²) in [4.78, 5) is 0. The smallest absolute Gasteiger partial charge is 0.106 e. The van der Waals surface area contributed by atoms with Gasteiger partial charge in [-0.3, -0.25) is 0 Å². The number of hydrogen-bond donors (Lipinski definition) is 0. The van der Waals surface area contributed by atoms with E-state index in [9.17, 15) is 0 Å². The first kappa shape index (κ1) is 11.6. The molecule has 1 aromatic rings. The summed E-state index contributed by atoms with van der Waals surface area (Å²) in [5.41, 5.74) is 3.63. The molecule has 0 spiro atoms. The van der Waals surface area contributed by atoms with E-state index in [1.165, 1.54) is 11.1 Å². The van der Waals surface area contributed by atoms with Crippen molar-refractivity contribution < 1.29 is 4.74 Å². The number of hydrogen-bond acceptors (Lipinski definition) is 1. The predicted octanol–water partition coefficient (Wildman–Crippen LogP) is 4.03. The van der Waals surface area contributed by atoms with Crippen molar-refractivity contribution in [2.45, 2.75) is 20.8 Å². The van der Waals surface area contributed by atoms with Crippen LogP contribution >= 0.6 is 0 Å². The van der Waals surface area contributed by atoms with Gasteiger partial charge in [-0.1, -0.05) is 35.9 Å². The van der Waals surface area contributed by atoms with E-state index in [1.807, 2.05) is 24.5 Å². The second-order valence-corrected chi connectivity index (χ2v) is 3.78. The van der Waals surface area contributed by atoms with Gasteiger partial charge in [0.1, 0.15) is 6.61 Å². The minimum atomic E-state index is 0.645. The molecule has 0 atom stereocenters. The Morgan fingerprint density at radius 1 is 1.13 bits per heavy atom. The van der Waals surface area contributed by atoms with Gasteiger partial charge in [-0.15, -0.1) is 0 Å². The maximum atomic E-state index is 5.42. The molecule has 1 heteroatoms. The summed E-state index contributed by atoms with van der Waals surface area (Å²) in [5, 5.41) is 0. The molecule has 0 saturated carbocycles. The van der Waals surface area contributed by atoms with Gasteiger partial charge in [-0.05, 0) is 38.0 Å². The lowest BCUT2D eigenvalue weighted by Gasteiger charge is -2.02. The first-order valence-electron chi connectivity index (χ1n) is 5.17. The summed E-state index contributed by atoms with van der Waals surface area (Å²) in [6, 6.07) is 10.2. The van der Waals surface area contributed by atoms with Crippen LogP contribution in [0.25, 0.3) is 5.57 Å². The minimum absolute atomic E-state index is 0.645. The van der Waals surface area contributed by atoms with E-state index in [-0.39, 0.29) is 0 Å². The molecule has 0 amide bonds. The zero-order chi connectivity index (χ0) is 11.1. The van der Waals surface area contributed by atoms with E-state index in [0.717, 1.165) is 5.57 Å². The summed E-state index contributed by atoms with van der Waals surface area (Å²) in [5.74, 6) is 0. The van der Waals surface area contributed by atoms with Gasteiger partial charge in [-0.2, -0.15) is 0 Å². The molecule has 0 N–H and O–H groups in total. The van der Waals surface area contributed by atoms with Gasteiger partial charge in [0.25, 0.3) is 0 Å². The average Bonchev–Trinajstić information content (AvgIpc) is 2.25. The summed E-state index contributed by atoms with van der Waals surface area (Å²) >= 11 is 0. The normalized spacial score (nSPS) is 11.0. The number of rotatable bonds is 4. The molecule has 0 aromatic heterocycles. The van der Waals surface area contributed by atoms with Gasteiger partial charge in [0.15, 0.2) is 0 Å². The van der Waals surface area contributed by atoms with Gasteiger partial charge < -0.3 is 4.74 Å². The third-order valence-corrected chi connectivity index (χ3v) is 2.08. The Morgan fingerprint density at radius 3 is 2.40 bits per heavy atom. The Hall–Kier alpha value is -1.50. The van der Waals surface area contributed by atoms with Crippen molar-refractivity contribution in [1.82, 2.24) is 0 Å². The molecule has 0 aliphatic rings. The summed E-state index contributed by atoms with van der Waals surface area (Å²) in [6.45, 7) is 6.83. The van der Waals surface area contributed by atoms with E-state index in [1.54, 1.807) is 0 Å². The zero-order valence-electron chi connectivity index (χ0n) is 9.66. The van der Waals surface area contributed by atoms with Crippen molar-refractivity contribution >= 4 is 5.57 Å². The SMILES string of the molecule is CC(C)=CCO/C=C(\C)c1ccccc1. The Balaban J connectivity index is 2.51. The van der Waals surface area contributed by atoms with Crippen LogP contribution in [0.1, 0.15) is 26.3 Å². The Labute approximate surface area is 92.1 Å². The fraction of sp³-hybridized carbons (Fsp3) is 0.286. The Kier molecular flexibility index (Phi) is 4.69. The van der Waals surface area contributed by atoms with Crippen molar-refractivity contribution in [2.75, 3.05) is 6.61 Å². The van der Waals surface area contributed by atoms with E-state index in [2.05, 4.69) is 39.0 Å². The fourth-order valence-electron chi connectivity index (χ4n) is 1.16. The molecule has 0 fully saturated rings. The van der Waals surface area contributed by atoms with Crippen LogP contribution in [-0.4, -0.2) is 6.61 Å². The maximum Gasteiger partial charge on any atom is 0.106 e. The van der Waals surface area contributed by atoms with Crippen LogP contribution in [0.5, 0.6) is 0 Å². The Bertz CT molecular complexity index is 343. The molecular weight excluding hydrogens is 184 g/mol. The summed E-state index contributed by atoms with van der Waals surface area (Å²) < 4.78 is 5.42. The standard InChI is InChI=1S/C14H18O/c1-12(2)9-10-15-11-13(3)14-7-5-4-6-8-14/h4-9,11H,10H2,1-3H3/b13-11+. The van der Waals surface area contributed by atoms with Crippen molar-refractivity contribution in [1.29, 1.82) is 0 Å². The molecule has 1 aromatic carbocycles. The lowest BCUT2D eigenvalue weighted by atomic mass is 10.1. The maximum absolute atomic E-state index is 5.42. The Morgan fingerprint density at radius 2 is 1.80 bits per heavy atom. The van der Waals surface area contributed by atoms with Crippen LogP contribution in [0.2, 0.25) is 0 Å². The summed E-state index contributed by atoms with van der Waals surface area (Å²) in [7, 11) is 0. The summed E-state index contributed by atoms with van der Waals surface area (Å²) in [6.07, 6.45) is 3.88. The van der Waals surface area contributed by atoms with Crippen LogP contribution in [0.15, 0.2) is 48.2 Å². The van der Waals surface area contributed by atoms with Crippen LogP contribution in [-0.2, 0) is 4.74 Å². The lowest BCUT2D eigenvalue weighted by molar-refractivity contribution is 0.290. The minimum Gasteiger partial charge on any atom is -0.497 e. The largest absolute Gasteiger partial charge is 0.497 e. The number of allylic oxidation sites excluding steroid dienone is 2. The fourth-order valence-corrected chi connectivity index (χ4v) is 1.16. The van der Waals surface area contributed by atoms with Crippen molar-refractivity contribution in [3.05, 3.63) is 53.8 Å². The van der Waals surface area contributed by atoms with Crippen LogP contribution in [0.4, 0.5) is 0 Å². The van der Waals surface area contributed by atoms with Gasteiger partial charge in [0.2, 0.25) is 0 Å². The third-order valence-electron chi connectivity index (χ3n) is 2.08. The quantitative estimate of drug-likeness (QED) is 0.407. The molecule has 0 saturated heterocycles. The molecular formula is C14H18O. The van der Waals surface area contributed by atoms with Crippen molar-refractivity contribution in [2.24, 2.45) is 0 Å². The highest BCUT2D eigenvalue weighted by Crippen LogP contribution is 2.12. The van der Waals surface area contributed by atoms with E-state index >= 15 is 0 Å². The molecule has 0 radical (unpaired) electrons. The van der Waals surface area contributed by atoms with E-state index in [4.69, 9.17) is 4.74 Å². The average molecular weight is 202 g/mol. The molecule has 0 aliphatic heterocycles. The van der Waals surface area contributed by atoms with E-state index < -0.39 is 0 Å². The van der Waals surface area contributed by atoms with E-state index in [0.29, 0.717) is 6.61 Å². The van der Waals surface area contributed by atoms with Crippen LogP contribution < -0.4 is 0 Å². The molecule has 0 heterocycles. The molecule has 1 rings (SSSR count). The lowest BCUT2D eigenvalue weighted by Crippen LogP contribution is -1.85. The van der Waals surface area contributed by atoms with Crippen LogP contribution in [0.3, 0.4) is 0 Å². The number of ether oxygens (including phenoxy) is 1. The second-order valence-electron chi connectivity index (χ2n) is 3.78. The molecule has 0 unspecified atom stereocenters. The van der Waals surface area contributed by atoms with Gasteiger partial charge in [0.05, 0.1) is 6.26 Å². The molecule has 0 bridgehead atoms. The molecule has 80 valence electrons. The van der Waals surface area contributed by atoms with Crippen molar-refractivity contribution in [3.8, 4) is 0 Å². The molecule has 1 nitrogen and oxygen atoms in total. The highest BCUT2D eigenvalue weighted by Gasteiger charge is 1.92. The molecule has 15 heavy (non-hydrogen) atoms. The van der Waals surface area contributed by atoms with Crippen LogP contribution in [0, 0.1) is 0 Å². The predicted molar refractivity (Wildman–Crippen MR) is 65.5 cm³/mol.